The molecule has 0 spiro atoms. The highest BCUT2D eigenvalue weighted by Gasteiger charge is 2.49. The molecule has 0 fully saturated rings. The zero-order valence-electron chi connectivity index (χ0n) is 7.44. The van der Waals surface area contributed by atoms with Gasteiger partial charge in [0, 0.05) is 5.92 Å². The average Bonchev–Trinajstić information content (AvgIpc) is 2.00. The Morgan fingerprint density at radius 1 is 1.31 bits per heavy atom. The summed E-state index contributed by atoms with van der Waals surface area (Å²) in [7, 11) is 0. The third-order valence-corrected chi connectivity index (χ3v) is 2.02. The van der Waals surface area contributed by atoms with Crippen LogP contribution in [0.25, 0.3) is 0 Å². The van der Waals surface area contributed by atoms with Gasteiger partial charge in [-0.2, -0.15) is 0 Å². The van der Waals surface area contributed by atoms with Gasteiger partial charge in [-0.1, -0.05) is 19.1 Å². The molecule has 0 saturated carbocycles. The molecule has 0 aromatic carbocycles. The largest absolute Gasteiger partial charge is 0.479 e. The van der Waals surface area contributed by atoms with Crippen LogP contribution in [0.15, 0.2) is 12.2 Å². The first-order valence-electron chi connectivity index (χ1n) is 3.59. The van der Waals surface area contributed by atoms with Crippen LogP contribution in [0.4, 0.5) is 0 Å². The first-order chi connectivity index (χ1) is 5.74. The normalized spacial score (nSPS) is 13.5. The Morgan fingerprint density at radius 2 is 1.62 bits per heavy atom. The highest BCUT2D eigenvalue weighted by atomic mass is 16.4. The minimum Gasteiger partial charge on any atom is -0.479 e. The molecule has 1 unspecified atom stereocenters. The van der Waals surface area contributed by atoms with Crippen LogP contribution >= 0.6 is 0 Å². The molecule has 3 N–H and O–H groups in total. The zero-order chi connectivity index (χ0) is 10.8. The van der Waals surface area contributed by atoms with Gasteiger partial charge in [-0.05, 0) is 6.92 Å². The first-order valence-corrected chi connectivity index (χ1v) is 3.59. The van der Waals surface area contributed by atoms with E-state index in [9.17, 15) is 14.7 Å². The summed E-state index contributed by atoms with van der Waals surface area (Å²) >= 11 is 0. The predicted molar refractivity (Wildman–Crippen MR) is 44.2 cm³/mol. The van der Waals surface area contributed by atoms with Crippen molar-refractivity contribution in [2.24, 2.45) is 5.92 Å². The quantitative estimate of drug-likeness (QED) is 0.429. The summed E-state index contributed by atoms with van der Waals surface area (Å²) in [4.78, 5) is 21.1. The molecule has 0 aromatic heterocycles. The van der Waals surface area contributed by atoms with Gasteiger partial charge in [0.25, 0.3) is 5.60 Å². The van der Waals surface area contributed by atoms with Crippen molar-refractivity contribution < 1.29 is 24.9 Å². The summed E-state index contributed by atoms with van der Waals surface area (Å²) in [5, 5.41) is 26.4. The second-order valence-corrected chi connectivity index (χ2v) is 2.94. The molecule has 0 amide bonds. The summed E-state index contributed by atoms with van der Waals surface area (Å²) in [5.41, 5.74) is -2.49. The topological polar surface area (TPSA) is 94.8 Å². The third kappa shape index (κ3) is 1.86. The number of carbonyl (C=O) groups is 2. The lowest BCUT2D eigenvalue weighted by Crippen LogP contribution is -2.52. The molecular weight excluding hydrogens is 176 g/mol. The van der Waals surface area contributed by atoms with Crippen LogP contribution in [0, 0.1) is 5.92 Å². The van der Waals surface area contributed by atoms with Gasteiger partial charge in [0.05, 0.1) is 0 Å². The number of hydrogen-bond acceptors (Lipinski definition) is 3. The molecule has 5 nitrogen and oxygen atoms in total. The monoisotopic (exact) mass is 188 g/mol. The highest BCUT2D eigenvalue weighted by molar-refractivity contribution is 6.02. The van der Waals surface area contributed by atoms with E-state index in [4.69, 9.17) is 10.2 Å². The summed E-state index contributed by atoms with van der Waals surface area (Å²) < 4.78 is 0. The van der Waals surface area contributed by atoms with Crippen LogP contribution in [-0.4, -0.2) is 32.9 Å². The minimum absolute atomic E-state index is 0.298. The van der Waals surface area contributed by atoms with Crippen LogP contribution < -0.4 is 0 Å². The number of hydrogen-bond donors (Lipinski definition) is 3. The van der Waals surface area contributed by atoms with E-state index in [0.29, 0.717) is 5.57 Å². The second-order valence-electron chi connectivity index (χ2n) is 2.94. The van der Waals surface area contributed by atoms with Crippen LogP contribution in [-0.2, 0) is 9.59 Å². The highest BCUT2D eigenvalue weighted by Crippen LogP contribution is 2.24. The smallest absolute Gasteiger partial charge is 0.348 e. The summed E-state index contributed by atoms with van der Waals surface area (Å²) in [6, 6.07) is 0. The minimum atomic E-state index is -2.79. The maximum Gasteiger partial charge on any atom is 0.348 e. The SMILES string of the molecule is C=C(C)C(C)C(O)(C(=O)O)C(=O)O. The Balaban J connectivity index is 5.13. The van der Waals surface area contributed by atoms with Gasteiger partial charge in [-0.25, -0.2) is 9.59 Å². The molecule has 0 aliphatic heterocycles. The second kappa shape index (κ2) is 3.57. The molecule has 0 aliphatic carbocycles. The van der Waals surface area contributed by atoms with E-state index in [1.165, 1.54) is 13.8 Å². The van der Waals surface area contributed by atoms with E-state index < -0.39 is 23.5 Å². The van der Waals surface area contributed by atoms with Crippen molar-refractivity contribution in [1.29, 1.82) is 0 Å². The first kappa shape index (κ1) is 11.6. The lowest BCUT2D eigenvalue weighted by atomic mass is 9.84. The van der Waals surface area contributed by atoms with Crippen LogP contribution in [0.2, 0.25) is 0 Å². The van der Waals surface area contributed by atoms with E-state index in [1.807, 2.05) is 0 Å². The Kier molecular flexibility index (Phi) is 3.20. The molecule has 0 bridgehead atoms. The van der Waals surface area contributed by atoms with Crippen LogP contribution in [0.1, 0.15) is 13.8 Å². The molecule has 0 aromatic rings. The van der Waals surface area contributed by atoms with Crippen molar-refractivity contribution in [3.63, 3.8) is 0 Å². The average molecular weight is 188 g/mol. The molecule has 5 heteroatoms. The van der Waals surface area contributed by atoms with E-state index in [2.05, 4.69) is 6.58 Å². The Labute approximate surface area is 75.3 Å². The van der Waals surface area contributed by atoms with Crippen molar-refractivity contribution in [3.05, 3.63) is 12.2 Å². The molecule has 13 heavy (non-hydrogen) atoms. The number of carboxylic acid groups (broad SMARTS) is 2. The number of rotatable bonds is 4. The number of aliphatic carboxylic acids is 2. The Hall–Kier alpha value is -1.36. The van der Waals surface area contributed by atoms with Gasteiger partial charge >= 0.3 is 11.9 Å². The van der Waals surface area contributed by atoms with E-state index in [0.717, 1.165) is 0 Å². The van der Waals surface area contributed by atoms with Crippen molar-refractivity contribution in [3.8, 4) is 0 Å². The fourth-order valence-corrected chi connectivity index (χ4v) is 0.818. The van der Waals surface area contributed by atoms with Gasteiger partial charge in [-0.3, -0.25) is 0 Å². The van der Waals surface area contributed by atoms with Gasteiger partial charge in [0.1, 0.15) is 0 Å². The van der Waals surface area contributed by atoms with E-state index >= 15 is 0 Å². The Bertz CT molecular complexity index is 241. The fraction of sp³-hybridized carbons (Fsp3) is 0.500. The van der Waals surface area contributed by atoms with Gasteiger partial charge in [0.15, 0.2) is 0 Å². The zero-order valence-corrected chi connectivity index (χ0v) is 7.44. The molecular formula is C8H12O5. The maximum atomic E-state index is 10.5. The van der Waals surface area contributed by atoms with Gasteiger partial charge in [0.2, 0.25) is 0 Å². The molecule has 0 rings (SSSR count). The van der Waals surface area contributed by atoms with E-state index in [1.54, 1.807) is 0 Å². The van der Waals surface area contributed by atoms with Gasteiger partial charge in [-0.15, -0.1) is 0 Å². The number of carboxylic acids is 2. The molecule has 0 radical (unpaired) electrons. The van der Waals surface area contributed by atoms with Crippen LogP contribution in [0.5, 0.6) is 0 Å². The van der Waals surface area contributed by atoms with Crippen LogP contribution in [0.3, 0.4) is 0 Å². The predicted octanol–water partition coefficient (Wildman–Crippen LogP) is 0.0989. The molecule has 0 saturated heterocycles. The van der Waals surface area contributed by atoms with Crippen molar-refractivity contribution in [2.75, 3.05) is 0 Å². The maximum absolute atomic E-state index is 10.5. The standard InChI is InChI=1S/C8H12O5/c1-4(2)5(3)8(13,6(9)10)7(11)12/h5,13H,1H2,2-3H3,(H,9,10)(H,11,12). The lowest BCUT2D eigenvalue weighted by molar-refractivity contribution is -0.180. The molecule has 0 heterocycles. The van der Waals surface area contributed by atoms with Gasteiger partial charge < -0.3 is 15.3 Å². The van der Waals surface area contributed by atoms with E-state index in [-0.39, 0.29) is 0 Å². The molecule has 0 aliphatic rings. The lowest BCUT2D eigenvalue weighted by Gasteiger charge is -2.25. The van der Waals surface area contributed by atoms with Crippen molar-refractivity contribution in [2.45, 2.75) is 19.4 Å². The Morgan fingerprint density at radius 3 is 1.69 bits per heavy atom. The summed E-state index contributed by atoms with van der Waals surface area (Å²) in [6.45, 7) is 6.16. The molecule has 74 valence electrons. The fourth-order valence-electron chi connectivity index (χ4n) is 0.818. The third-order valence-electron chi connectivity index (χ3n) is 2.02. The molecule has 1 atom stereocenters. The number of aliphatic hydroxyl groups is 1. The summed E-state index contributed by atoms with van der Waals surface area (Å²) in [6.07, 6.45) is 0. The van der Waals surface area contributed by atoms with Crippen molar-refractivity contribution in [1.82, 2.24) is 0 Å². The van der Waals surface area contributed by atoms with Crippen molar-refractivity contribution >= 4 is 11.9 Å². The summed E-state index contributed by atoms with van der Waals surface area (Å²) in [5.74, 6) is -4.60.